The first-order chi connectivity index (χ1) is 7.24. The van der Waals surface area contributed by atoms with Gasteiger partial charge in [0.25, 0.3) is 0 Å². The van der Waals surface area contributed by atoms with Crippen LogP contribution in [-0.4, -0.2) is 11.5 Å². The highest BCUT2D eigenvalue weighted by molar-refractivity contribution is 5.42. The number of rotatable bonds is 3. The van der Waals surface area contributed by atoms with E-state index in [-0.39, 0.29) is 0 Å². The van der Waals surface area contributed by atoms with Gasteiger partial charge in [-0.1, -0.05) is 19.4 Å². The molecule has 3 heteroatoms. The Morgan fingerprint density at radius 1 is 1.47 bits per heavy atom. The van der Waals surface area contributed by atoms with Gasteiger partial charge in [-0.15, -0.1) is 0 Å². The van der Waals surface area contributed by atoms with Crippen LogP contribution in [0, 0.1) is 11.8 Å². The molecule has 1 saturated carbocycles. The Labute approximate surface area is 91.1 Å². The van der Waals surface area contributed by atoms with Gasteiger partial charge in [-0.05, 0) is 36.8 Å². The molecule has 2 rings (SSSR count). The van der Waals surface area contributed by atoms with Crippen molar-refractivity contribution >= 4 is 11.6 Å². The van der Waals surface area contributed by atoms with Crippen LogP contribution < -0.4 is 11.1 Å². The molecule has 1 heterocycles. The Bertz CT molecular complexity index is 324. The van der Waals surface area contributed by atoms with E-state index in [4.69, 9.17) is 5.73 Å². The molecule has 1 aromatic rings. The molecule has 0 radical (unpaired) electrons. The van der Waals surface area contributed by atoms with Gasteiger partial charge >= 0.3 is 0 Å². The average molecular weight is 205 g/mol. The van der Waals surface area contributed by atoms with Crippen LogP contribution in [0.15, 0.2) is 18.2 Å². The van der Waals surface area contributed by atoms with E-state index >= 15 is 0 Å². The summed E-state index contributed by atoms with van der Waals surface area (Å²) in [6.07, 6.45) is 4.06. The standard InChI is InChI=1S/C12H19N3/c1-9-5-6-10(7-9)8-14-12-4-2-3-11(13)15-12/h2-4,9-10H,5-8H2,1H3,(H3,13,14,15). The van der Waals surface area contributed by atoms with Gasteiger partial charge in [0.2, 0.25) is 0 Å². The predicted molar refractivity (Wildman–Crippen MR) is 63.6 cm³/mol. The monoisotopic (exact) mass is 205 g/mol. The molecular formula is C12H19N3. The lowest BCUT2D eigenvalue weighted by molar-refractivity contribution is 0.536. The molecular weight excluding hydrogens is 186 g/mol. The highest BCUT2D eigenvalue weighted by atomic mass is 15.0. The second kappa shape index (κ2) is 4.51. The highest BCUT2D eigenvalue weighted by Crippen LogP contribution is 2.30. The van der Waals surface area contributed by atoms with Crippen LogP contribution in [0.25, 0.3) is 0 Å². The number of nitrogens with one attached hydrogen (secondary N) is 1. The summed E-state index contributed by atoms with van der Waals surface area (Å²) >= 11 is 0. The first-order valence-corrected chi connectivity index (χ1v) is 5.70. The third-order valence-electron chi connectivity index (χ3n) is 3.15. The molecule has 0 aromatic carbocycles. The van der Waals surface area contributed by atoms with E-state index in [9.17, 15) is 0 Å². The summed E-state index contributed by atoms with van der Waals surface area (Å²) in [5.41, 5.74) is 5.61. The van der Waals surface area contributed by atoms with Gasteiger partial charge in [-0.25, -0.2) is 4.98 Å². The fourth-order valence-corrected chi connectivity index (χ4v) is 2.31. The SMILES string of the molecule is CC1CCC(CNc2cccc(N)n2)C1. The fourth-order valence-electron chi connectivity index (χ4n) is 2.31. The van der Waals surface area contributed by atoms with E-state index in [1.807, 2.05) is 18.2 Å². The number of nitrogens with two attached hydrogens (primary N) is 1. The molecule has 3 nitrogen and oxygen atoms in total. The minimum absolute atomic E-state index is 0.583. The smallest absolute Gasteiger partial charge is 0.128 e. The summed E-state index contributed by atoms with van der Waals surface area (Å²) < 4.78 is 0. The van der Waals surface area contributed by atoms with Crippen LogP contribution in [0.3, 0.4) is 0 Å². The summed E-state index contributed by atoms with van der Waals surface area (Å²) in [7, 11) is 0. The van der Waals surface area contributed by atoms with E-state index in [1.54, 1.807) is 0 Å². The van der Waals surface area contributed by atoms with E-state index < -0.39 is 0 Å². The third-order valence-corrected chi connectivity index (χ3v) is 3.15. The van der Waals surface area contributed by atoms with Gasteiger partial charge in [0.05, 0.1) is 0 Å². The van der Waals surface area contributed by atoms with E-state index in [2.05, 4.69) is 17.2 Å². The van der Waals surface area contributed by atoms with Crippen molar-refractivity contribution in [2.45, 2.75) is 26.2 Å². The Balaban J connectivity index is 1.83. The molecule has 3 N–H and O–H groups in total. The molecule has 82 valence electrons. The molecule has 1 aliphatic rings. The van der Waals surface area contributed by atoms with Crippen molar-refractivity contribution in [3.63, 3.8) is 0 Å². The number of hydrogen-bond donors (Lipinski definition) is 2. The molecule has 2 atom stereocenters. The lowest BCUT2D eigenvalue weighted by atomic mass is 10.1. The maximum Gasteiger partial charge on any atom is 0.128 e. The number of aromatic nitrogens is 1. The predicted octanol–water partition coefficient (Wildman–Crippen LogP) is 2.51. The minimum atomic E-state index is 0.583. The van der Waals surface area contributed by atoms with E-state index in [0.717, 1.165) is 24.2 Å². The number of nitrogens with zero attached hydrogens (tertiary/aromatic N) is 1. The average Bonchev–Trinajstić information content (AvgIpc) is 2.62. The normalized spacial score (nSPS) is 25.4. The van der Waals surface area contributed by atoms with E-state index in [1.165, 1.54) is 19.3 Å². The molecule has 0 aliphatic heterocycles. The summed E-state index contributed by atoms with van der Waals surface area (Å²) in [5, 5.41) is 3.36. The zero-order valence-corrected chi connectivity index (χ0v) is 9.24. The largest absolute Gasteiger partial charge is 0.384 e. The third kappa shape index (κ3) is 2.85. The molecule has 15 heavy (non-hydrogen) atoms. The molecule has 0 bridgehead atoms. The maximum atomic E-state index is 5.61. The van der Waals surface area contributed by atoms with Gasteiger partial charge in [-0.3, -0.25) is 0 Å². The van der Waals surface area contributed by atoms with Crippen molar-refractivity contribution < 1.29 is 0 Å². The lowest BCUT2D eigenvalue weighted by Crippen LogP contribution is -2.12. The second-order valence-electron chi connectivity index (χ2n) is 4.61. The van der Waals surface area contributed by atoms with E-state index in [0.29, 0.717) is 5.82 Å². The highest BCUT2D eigenvalue weighted by Gasteiger charge is 2.20. The van der Waals surface area contributed by atoms with Gasteiger partial charge < -0.3 is 11.1 Å². The zero-order valence-electron chi connectivity index (χ0n) is 9.24. The number of pyridine rings is 1. The van der Waals surface area contributed by atoms with Gasteiger partial charge in [0, 0.05) is 6.54 Å². The molecule has 1 aromatic heterocycles. The van der Waals surface area contributed by atoms with Crippen LogP contribution >= 0.6 is 0 Å². The molecule has 1 aliphatic carbocycles. The number of anilines is 2. The van der Waals surface area contributed by atoms with Crippen LogP contribution in [0.5, 0.6) is 0 Å². The minimum Gasteiger partial charge on any atom is -0.384 e. The Morgan fingerprint density at radius 3 is 3.00 bits per heavy atom. The molecule has 0 spiro atoms. The van der Waals surface area contributed by atoms with Gasteiger partial charge in [0.15, 0.2) is 0 Å². The maximum absolute atomic E-state index is 5.61. The van der Waals surface area contributed by atoms with Crippen molar-refractivity contribution in [1.82, 2.24) is 4.98 Å². The topological polar surface area (TPSA) is 50.9 Å². The summed E-state index contributed by atoms with van der Waals surface area (Å²) in [4.78, 5) is 4.22. The van der Waals surface area contributed by atoms with Crippen molar-refractivity contribution in [2.24, 2.45) is 11.8 Å². The zero-order chi connectivity index (χ0) is 10.7. The van der Waals surface area contributed by atoms with Crippen LogP contribution in [-0.2, 0) is 0 Å². The quantitative estimate of drug-likeness (QED) is 0.797. The van der Waals surface area contributed by atoms with Gasteiger partial charge in [0.1, 0.15) is 11.6 Å². The van der Waals surface area contributed by atoms with Crippen molar-refractivity contribution in [1.29, 1.82) is 0 Å². The van der Waals surface area contributed by atoms with Crippen molar-refractivity contribution in [3.05, 3.63) is 18.2 Å². The van der Waals surface area contributed by atoms with Gasteiger partial charge in [-0.2, -0.15) is 0 Å². The van der Waals surface area contributed by atoms with Crippen molar-refractivity contribution in [2.75, 3.05) is 17.6 Å². The first-order valence-electron chi connectivity index (χ1n) is 5.70. The summed E-state index contributed by atoms with van der Waals surface area (Å²) in [6.45, 7) is 3.36. The number of hydrogen-bond acceptors (Lipinski definition) is 3. The Kier molecular flexibility index (Phi) is 3.09. The summed E-state index contributed by atoms with van der Waals surface area (Å²) in [5.74, 6) is 3.18. The van der Waals surface area contributed by atoms with Crippen LogP contribution in [0.4, 0.5) is 11.6 Å². The lowest BCUT2D eigenvalue weighted by Gasteiger charge is -2.11. The molecule has 1 fully saturated rings. The number of nitrogen functional groups attached to an aromatic ring is 1. The van der Waals surface area contributed by atoms with Crippen LogP contribution in [0.2, 0.25) is 0 Å². The second-order valence-corrected chi connectivity index (χ2v) is 4.61. The summed E-state index contributed by atoms with van der Waals surface area (Å²) in [6, 6.07) is 5.71. The first kappa shape index (κ1) is 10.3. The van der Waals surface area contributed by atoms with Crippen LogP contribution in [0.1, 0.15) is 26.2 Å². The molecule has 2 unspecified atom stereocenters. The Morgan fingerprint density at radius 2 is 2.33 bits per heavy atom. The molecule has 0 saturated heterocycles. The molecule has 0 amide bonds. The van der Waals surface area contributed by atoms with Crippen molar-refractivity contribution in [3.8, 4) is 0 Å². The Hall–Kier alpha value is -1.25. The fraction of sp³-hybridized carbons (Fsp3) is 0.583.